The summed E-state index contributed by atoms with van der Waals surface area (Å²) in [5.41, 5.74) is 1.32. The van der Waals surface area contributed by atoms with Gasteiger partial charge in [-0.15, -0.1) is 0 Å². The number of aromatic nitrogens is 3. The molecule has 0 aliphatic heterocycles. The first-order chi connectivity index (χ1) is 8.20. The van der Waals surface area contributed by atoms with Crippen LogP contribution in [-0.4, -0.2) is 27.3 Å². The van der Waals surface area contributed by atoms with Gasteiger partial charge in [-0.25, -0.2) is 14.5 Å². The second-order valence-electron chi connectivity index (χ2n) is 3.53. The number of esters is 1. The first kappa shape index (κ1) is 11.3. The summed E-state index contributed by atoms with van der Waals surface area (Å²) < 4.78 is 6.44. The van der Waals surface area contributed by atoms with Gasteiger partial charge in [0.25, 0.3) is 0 Å². The third-order valence-electron chi connectivity index (χ3n) is 2.20. The van der Waals surface area contributed by atoms with E-state index in [-0.39, 0.29) is 5.97 Å². The zero-order valence-electron chi connectivity index (χ0n) is 9.75. The molecule has 2 aromatic heterocycles. The van der Waals surface area contributed by atoms with Crippen LogP contribution in [0.2, 0.25) is 0 Å². The molecule has 0 spiro atoms. The zero-order valence-corrected chi connectivity index (χ0v) is 9.75. The molecule has 0 amide bonds. The molecule has 2 aromatic rings. The Labute approximate surface area is 99.1 Å². The molecule has 0 aromatic carbocycles. The molecule has 0 fully saturated rings. The number of hydrogen-bond acceptors (Lipinski definition) is 4. The second-order valence-corrected chi connectivity index (χ2v) is 3.53. The first-order valence-corrected chi connectivity index (χ1v) is 5.36. The van der Waals surface area contributed by atoms with Gasteiger partial charge in [0.05, 0.1) is 18.4 Å². The van der Waals surface area contributed by atoms with Crippen molar-refractivity contribution in [3.8, 4) is 5.82 Å². The van der Waals surface area contributed by atoms with Gasteiger partial charge in [0.1, 0.15) is 0 Å². The molecule has 0 atom stereocenters. The number of carbonyl (C=O) groups is 1. The number of hydrogen-bond donors (Lipinski definition) is 0. The lowest BCUT2D eigenvalue weighted by Crippen LogP contribution is -2.03. The zero-order chi connectivity index (χ0) is 12.3. The van der Waals surface area contributed by atoms with Crippen LogP contribution in [0, 0.1) is 6.92 Å². The highest BCUT2D eigenvalue weighted by Crippen LogP contribution is 2.07. The summed E-state index contributed by atoms with van der Waals surface area (Å²) in [6.45, 7) is 4.02. The Bertz CT molecular complexity index is 534. The third kappa shape index (κ3) is 2.50. The van der Waals surface area contributed by atoms with Crippen molar-refractivity contribution >= 4 is 5.97 Å². The minimum Gasteiger partial charge on any atom is -0.462 e. The van der Waals surface area contributed by atoms with E-state index in [4.69, 9.17) is 4.74 Å². The number of pyridine rings is 1. The SMILES string of the molecule is CCOC(=O)c1cnn(-c2cccc(C)n2)c1. The van der Waals surface area contributed by atoms with E-state index in [2.05, 4.69) is 10.1 Å². The molecule has 0 saturated carbocycles. The number of ether oxygens (including phenoxy) is 1. The molecule has 17 heavy (non-hydrogen) atoms. The smallest absolute Gasteiger partial charge is 0.341 e. The van der Waals surface area contributed by atoms with Gasteiger partial charge in [0, 0.05) is 11.9 Å². The Balaban J connectivity index is 2.27. The second kappa shape index (κ2) is 4.78. The highest BCUT2D eigenvalue weighted by molar-refractivity contribution is 5.88. The average molecular weight is 231 g/mol. The highest BCUT2D eigenvalue weighted by atomic mass is 16.5. The number of nitrogens with zero attached hydrogens (tertiary/aromatic N) is 3. The Morgan fingerprint density at radius 1 is 1.47 bits per heavy atom. The molecule has 5 heteroatoms. The van der Waals surface area contributed by atoms with E-state index < -0.39 is 0 Å². The van der Waals surface area contributed by atoms with Gasteiger partial charge >= 0.3 is 5.97 Å². The van der Waals surface area contributed by atoms with Crippen molar-refractivity contribution < 1.29 is 9.53 Å². The summed E-state index contributed by atoms with van der Waals surface area (Å²) in [6.07, 6.45) is 3.09. The molecule has 0 N–H and O–H groups in total. The number of rotatable bonds is 3. The fourth-order valence-corrected chi connectivity index (χ4v) is 1.42. The van der Waals surface area contributed by atoms with E-state index in [9.17, 15) is 4.79 Å². The monoisotopic (exact) mass is 231 g/mol. The summed E-state index contributed by atoms with van der Waals surface area (Å²) in [5, 5.41) is 4.08. The van der Waals surface area contributed by atoms with Crippen LogP contribution in [0.1, 0.15) is 23.0 Å². The largest absolute Gasteiger partial charge is 0.462 e. The van der Waals surface area contributed by atoms with Crippen molar-refractivity contribution in [2.45, 2.75) is 13.8 Å². The van der Waals surface area contributed by atoms with Crippen LogP contribution in [0.4, 0.5) is 0 Å². The number of aryl methyl sites for hydroxylation is 1. The van der Waals surface area contributed by atoms with Crippen molar-refractivity contribution in [1.82, 2.24) is 14.8 Å². The van der Waals surface area contributed by atoms with Gasteiger partial charge in [-0.3, -0.25) is 0 Å². The molecular weight excluding hydrogens is 218 g/mol. The molecule has 0 aliphatic rings. The fourth-order valence-electron chi connectivity index (χ4n) is 1.42. The molecular formula is C12H13N3O2. The lowest BCUT2D eigenvalue weighted by atomic mass is 10.3. The van der Waals surface area contributed by atoms with E-state index in [1.54, 1.807) is 17.8 Å². The van der Waals surface area contributed by atoms with Crippen molar-refractivity contribution in [3.05, 3.63) is 41.9 Å². The molecule has 88 valence electrons. The summed E-state index contributed by atoms with van der Waals surface area (Å²) >= 11 is 0. The molecule has 2 rings (SSSR count). The van der Waals surface area contributed by atoms with Crippen molar-refractivity contribution in [3.63, 3.8) is 0 Å². The Kier molecular flexibility index (Phi) is 3.18. The number of carbonyl (C=O) groups excluding carboxylic acids is 1. The van der Waals surface area contributed by atoms with Gasteiger partial charge in [-0.2, -0.15) is 5.10 Å². The topological polar surface area (TPSA) is 57.0 Å². The highest BCUT2D eigenvalue weighted by Gasteiger charge is 2.10. The molecule has 0 saturated heterocycles. The summed E-state index contributed by atoms with van der Waals surface area (Å²) in [5.74, 6) is 0.312. The van der Waals surface area contributed by atoms with Gasteiger partial charge in [-0.05, 0) is 26.0 Å². The molecule has 2 heterocycles. The van der Waals surface area contributed by atoms with Gasteiger partial charge < -0.3 is 4.74 Å². The molecule has 0 radical (unpaired) electrons. The van der Waals surface area contributed by atoms with Crippen LogP contribution in [0.3, 0.4) is 0 Å². The molecule has 0 bridgehead atoms. The van der Waals surface area contributed by atoms with Crippen molar-refractivity contribution in [2.75, 3.05) is 6.61 Å². The van der Waals surface area contributed by atoms with Crippen LogP contribution < -0.4 is 0 Å². The van der Waals surface area contributed by atoms with Gasteiger partial charge in [0.2, 0.25) is 0 Å². The predicted octanol–water partition coefficient (Wildman–Crippen LogP) is 1.75. The predicted molar refractivity (Wildman–Crippen MR) is 62.1 cm³/mol. The molecule has 0 aliphatic carbocycles. The standard InChI is InChI=1S/C12H13N3O2/c1-3-17-12(16)10-7-13-15(8-10)11-6-4-5-9(2)14-11/h4-8H,3H2,1-2H3. The van der Waals surface area contributed by atoms with E-state index in [1.807, 2.05) is 25.1 Å². The van der Waals surface area contributed by atoms with Crippen LogP contribution >= 0.6 is 0 Å². The van der Waals surface area contributed by atoms with E-state index >= 15 is 0 Å². The summed E-state index contributed by atoms with van der Waals surface area (Å²) in [7, 11) is 0. The summed E-state index contributed by atoms with van der Waals surface area (Å²) in [6, 6.07) is 5.62. The van der Waals surface area contributed by atoms with Crippen LogP contribution in [0.25, 0.3) is 5.82 Å². The minimum atomic E-state index is -0.369. The maximum absolute atomic E-state index is 11.5. The first-order valence-electron chi connectivity index (χ1n) is 5.36. The van der Waals surface area contributed by atoms with Crippen LogP contribution in [0.5, 0.6) is 0 Å². The molecule has 0 unspecified atom stereocenters. The summed E-state index contributed by atoms with van der Waals surface area (Å²) in [4.78, 5) is 15.8. The van der Waals surface area contributed by atoms with Crippen molar-refractivity contribution in [2.24, 2.45) is 0 Å². The van der Waals surface area contributed by atoms with E-state index in [1.165, 1.54) is 6.20 Å². The fraction of sp³-hybridized carbons (Fsp3) is 0.250. The minimum absolute atomic E-state index is 0.354. The third-order valence-corrected chi connectivity index (χ3v) is 2.20. The average Bonchev–Trinajstić information content (AvgIpc) is 2.78. The lowest BCUT2D eigenvalue weighted by Gasteiger charge is -2.00. The van der Waals surface area contributed by atoms with E-state index in [0.717, 1.165) is 5.69 Å². The van der Waals surface area contributed by atoms with E-state index in [0.29, 0.717) is 18.0 Å². The molecule has 5 nitrogen and oxygen atoms in total. The van der Waals surface area contributed by atoms with Gasteiger partial charge in [-0.1, -0.05) is 6.07 Å². The maximum Gasteiger partial charge on any atom is 0.341 e. The maximum atomic E-state index is 11.5. The van der Waals surface area contributed by atoms with Crippen LogP contribution in [-0.2, 0) is 4.74 Å². The quantitative estimate of drug-likeness (QED) is 0.755. The lowest BCUT2D eigenvalue weighted by molar-refractivity contribution is 0.0526. The Hall–Kier alpha value is -2.17. The van der Waals surface area contributed by atoms with Gasteiger partial charge in [0.15, 0.2) is 5.82 Å². The normalized spacial score (nSPS) is 10.2. The Morgan fingerprint density at radius 3 is 3.00 bits per heavy atom. The van der Waals surface area contributed by atoms with Crippen molar-refractivity contribution in [1.29, 1.82) is 0 Å². The Morgan fingerprint density at radius 2 is 2.29 bits per heavy atom. The van der Waals surface area contributed by atoms with Crippen LogP contribution in [0.15, 0.2) is 30.6 Å².